The van der Waals surface area contributed by atoms with Crippen LogP contribution in [0.25, 0.3) is 0 Å². The Hall–Kier alpha value is -1.53. The van der Waals surface area contributed by atoms with Crippen molar-refractivity contribution in [1.82, 2.24) is 0 Å². The fourth-order valence-electron chi connectivity index (χ4n) is 4.40. The lowest BCUT2D eigenvalue weighted by Gasteiger charge is -2.40. The Balaban J connectivity index is 5.95. The van der Waals surface area contributed by atoms with Gasteiger partial charge in [0.2, 0.25) is 0 Å². The molecular formula is C30H58O12Si5. The molecule has 0 spiro atoms. The first-order valence-corrected chi connectivity index (χ1v) is 26.9. The van der Waals surface area contributed by atoms with Crippen molar-refractivity contribution in [3.8, 4) is 0 Å². The molecular weight excluding hydrogens is 693 g/mol. The van der Waals surface area contributed by atoms with Gasteiger partial charge in [-0.3, -0.25) is 0 Å². The highest BCUT2D eigenvalue weighted by Crippen LogP contribution is 2.29. The molecule has 0 fully saturated rings. The number of ether oxygens (including phenoxy) is 3. The van der Waals surface area contributed by atoms with Gasteiger partial charge in [0.15, 0.2) is 18.1 Å². The minimum absolute atomic E-state index is 0.209. The SMILES string of the molecule is C=C(C)C(=O)OCCC[Si](C)O[Si](C)(CCCOC(=O)C(=C)C)O[Si](C)(CCCOC(=O)C(=C)C)O[Si](C)CC[Si](OC)(OC)OC. The van der Waals surface area contributed by atoms with Crippen LogP contribution in [0.1, 0.15) is 40.0 Å². The van der Waals surface area contributed by atoms with Gasteiger partial charge in [-0.25, -0.2) is 14.4 Å². The molecule has 0 amide bonds. The Bertz CT molecular complexity index is 1030. The quantitative estimate of drug-likeness (QED) is 0.0329. The van der Waals surface area contributed by atoms with E-state index in [9.17, 15) is 14.4 Å². The topological polar surface area (TPSA) is 134 Å². The zero-order chi connectivity index (χ0) is 36.3. The second kappa shape index (κ2) is 23.0. The number of carbonyl (C=O) groups is 3. The third kappa shape index (κ3) is 19.3. The zero-order valence-corrected chi connectivity index (χ0v) is 35.3. The predicted octanol–water partition coefficient (Wildman–Crippen LogP) is 5.83. The van der Waals surface area contributed by atoms with E-state index >= 15 is 0 Å². The lowest BCUT2D eigenvalue weighted by atomic mass is 10.4. The highest BCUT2D eigenvalue weighted by molar-refractivity contribution is 6.85. The normalized spacial score (nSPS) is 14.3. The van der Waals surface area contributed by atoms with Gasteiger partial charge in [-0.2, -0.15) is 0 Å². The number of hydrogen-bond acceptors (Lipinski definition) is 12. The molecule has 2 radical (unpaired) electrons. The Morgan fingerprint density at radius 1 is 0.574 bits per heavy atom. The van der Waals surface area contributed by atoms with E-state index in [0.29, 0.717) is 60.2 Å². The molecule has 0 heterocycles. The van der Waals surface area contributed by atoms with Gasteiger partial charge in [-0.05, 0) is 90.4 Å². The maximum Gasteiger partial charge on any atom is 0.499 e. The van der Waals surface area contributed by atoms with Crippen molar-refractivity contribution in [1.29, 1.82) is 0 Å². The number of carbonyl (C=O) groups excluding carboxylic acids is 3. The van der Waals surface area contributed by atoms with E-state index < -0.39 is 61.9 Å². The summed E-state index contributed by atoms with van der Waals surface area (Å²) in [7, 11) is -6.63. The first-order chi connectivity index (χ1) is 21.9. The summed E-state index contributed by atoms with van der Waals surface area (Å²) in [5.41, 5.74) is 1.04. The maximum absolute atomic E-state index is 12.0. The minimum Gasteiger partial charge on any atom is -0.462 e. The molecule has 0 aliphatic heterocycles. The Morgan fingerprint density at radius 3 is 1.26 bits per heavy atom. The van der Waals surface area contributed by atoms with E-state index in [-0.39, 0.29) is 19.8 Å². The molecule has 0 aliphatic carbocycles. The second-order valence-electron chi connectivity index (χ2n) is 11.8. The predicted molar refractivity (Wildman–Crippen MR) is 192 cm³/mol. The van der Waals surface area contributed by atoms with Gasteiger partial charge in [0, 0.05) is 44.1 Å². The molecule has 2 atom stereocenters. The van der Waals surface area contributed by atoms with Gasteiger partial charge in [0.05, 0.1) is 19.8 Å². The molecule has 270 valence electrons. The van der Waals surface area contributed by atoms with Crippen molar-refractivity contribution in [3.05, 3.63) is 36.5 Å². The number of hydrogen-bond donors (Lipinski definition) is 0. The standard InChI is InChI=1S/C30H58O12Si5/c1-25(2)28(31)37-17-14-20-43(10)40-45(12,22-15-18-38-29(32)26(3)4)42-46(13,23-16-19-39-30(33)27(5)6)41-44(11)21-24-47(34-7,35-8)36-9/h1,3,5,14-24H2,2,4,6-13H3. The minimum atomic E-state index is -2.93. The van der Waals surface area contributed by atoms with Gasteiger partial charge in [0.1, 0.15) is 0 Å². The van der Waals surface area contributed by atoms with E-state index in [1.54, 1.807) is 42.1 Å². The van der Waals surface area contributed by atoms with Gasteiger partial charge < -0.3 is 39.8 Å². The Morgan fingerprint density at radius 2 is 0.915 bits per heavy atom. The molecule has 47 heavy (non-hydrogen) atoms. The van der Waals surface area contributed by atoms with Crippen LogP contribution in [-0.2, 0) is 54.2 Å². The van der Waals surface area contributed by atoms with E-state index in [0.717, 1.165) is 6.04 Å². The second-order valence-corrected chi connectivity index (χ2v) is 26.7. The van der Waals surface area contributed by atoms with Crippen molar-refractivity contribution in [2.45, 2.75) is 96.4 Å². The first-order valence-electron chi connectivity index (χ1n) is 15.7. The zero-order valence-electron chi connectivity index (χ0n) is 30.3. The van der Waals surface area contributed by atoms with Crippen molar-refractivity contribution < 1.29 is 54.2 Å². The highest BCUT2D eigenvalue weighted by Gasteiger charge is 2.45. The smallest absolute Gasteiger partial charge is 0.462 e. The van der Waals surface area contributed by atoms with Crippen molar-refractivity contribution in [2.24, 2.45) is 0 Å². The van der Waals surface area contributed by atoms with Crippen LogP contribution in [0.4, 0.5) is 0 Å². The lowest BCUT2D eigenvalue weighted by Crippen LogP contribution is -2.55. The molecule has 0 aromatic carbocycles. The van der Waals surface area contributed by atoms with E-state index in [2.05, 4.69) is 32.8 Å². The van der Waals surface area contributed by atoms with E-state index in [1.807, 2.05) is 13.1 Å². The third-order valence-electron chi connectivity index (χ3n) is 6.90. The van der Waals surface area contributed by atoms with Crippen LogP contribution >= 0.6 is 0 Å². The highest BCUT2D eigenvalue weighted by atomic mass is 28.5. The summed E-state index contributed by atoms with van der Waals surface area (Å²) in [6, 6.07) is 3.18. The third-order valence-corrected chi connectivity index (χ3v) is 24.4. The average Bonchev–Trinajstić information content (AvgIpc) is 2.99. The first kappa shape index (κ1) is 45.5. The fourth-order valence-corrected chi connectivity index (χ4v) is 23.4. The summed E-state index contributed by atoms with van der Waals surface area (Å²) >= 11 is 0. The Labute approximate surface area is 289 Å². The van der Waals surface area contributed by atoms with Gasteiger partial charge in [0.25, 0.3) is 0 Å². The summed E-state index contributed by atoms with van der Waals surface area (Å²) in [4.78, 5) is 35.7. The molecule has 0 rings (SSSR count). The monoisotopic (exact) mass is 750 g/mol. The van der Waals surface area contributed by atoms with Crippen LogP contribution in [0.2, 0.25) is 56.4 Å². The van der Waals surface area contributed by atoms with Gasteiger partial charge in [-0.15, -0.1) is 0 Å². The van der Waals surface area contributed by atoms with Crippen molar-refractivity contribution in [3.63, 3.8) is 0 Å². The summed E-state index contributed by atoms with van der Waals surface area (Å²) in [6.07, 6.45) is 1.74. The fraction of sp³-hybridized carbons (Fsp3) is 0.700. The number of rotatable bonds is 27. The molecule has 2 unspecified atom stereocenters. The van der Waals surface area contributed by atoms with Crippen LogP contribution in [0.3, 0.4) is 0 Å². The van der Waals surface area contributed by atoms with Crippen LogP contribution in [0.15, 0.2) is 36.5 Å². The molecule has 0 saturated carbocycles. The molecule has 12 nitrogen and oxygen atoms in total. The Kier molecular flexibility index (Phi) is 22.2. The van der Waals surface area contributed by atoms with Crippen molar-refractivity contribution >= 4 is 61.9 Å². The summed E-state index contributed by atoms with van der Waals surface area (Å²) < 4.78 is 53.5. The molecule has 0 N–H and O–H groups in total. The van der Waals surface area contributed by atoms with Crippen LogP contribution in [0, 0.1) is 0 Å². The lowest BCUT2D eigenvalue weighted by molar-refractivity contribution is -0.139. The summed E-state index contributed by atoms with van der Waals surface area (Å²) in [5, 5.41) is 0. The molecule has 0 saturated heterocycles. The summed E-state index contributed by atoms with van der Waals surface area (Å²) in [6.45, 7) is 24.6. The van der Waals surface area contributed by atoms with E-state index in [1.165, 1.54) is 0 Å². The van der Waals surface area contributed by atoms with Crippen LogP contribution in [0.5, 0.6) is 0 Å². The number of esters is 3. The molecule has 0 bridgehead atoms. The van der Waals surface area contributed by atoms with Crippen molar-refractivity contribution in [2.75, 3.05) is 41.2 Å². The maximum atomic E-state index is 12.0. The largest absolute Gasteiger partial charge is 0.499 e. The van der Waals surface area contributed by atoms with Crippen LogP contribution in [-0.4, -0.2) is 103 Å². The summed E-state index contributed by atoms with van der Waals surface area (Å²) in [5.74, 6) is -1.28. The van der Waals surface area contributed by atoms with Gasteiger partial charge >= 0.3 is 43.8 Å². The molecule has 0 aliphatic rings. The van der Waals surface area contributed by atoms with Crippen LogP contribution < -0.4 is 0 Å². The molecule has 0 aromatic rings. The van der Waals surface area contributed by atoms with E-state index in [4.69, 9.17) is 39.8 Å². The average molecular weight is 751 g/mol. The molecule has 17 heteroatoms. The van der Waals surface area contributed by atoms with Gasteiger partial charge in [-0.1, -0.05) is 19.7 Å². The molecule has 0 aromatic heterocycles.